The monoisotopic (exact) mass is 396 g/mol. The van der Waals surface area contributed by atoms with E-state index < -0.39 is 11.8 Å². The van der Waals surface area contributed by atoms with E-state index in [9.17, 15) is 9.18 Å². The van der Waals surface area contributed by atoms with Crippen molar-refractivity contribution in [3.05, 3.63) is 57.0 Å². The van der Waals surface area contributed by atoms with Crippen molar-refractivity contribution < 1.29 is 13.9 Å². The van der Waals surface area contributed by atoms with E-state index in [4.69, 9.17) is 16.3 Å². The third kappa shape index (κ3) is 2.52. The van der Waals surface area contributed by atoms with Crippen LogP contribution >= 0.6 is 27.5 Å². The molecule has 7 heteroatoms. The number of aryl methyl sites for hydroxylation is 1. The van der Waals surface area contributed by atoms with Crippen molar-refractivity contribution in [2.45, 2.75) is 6.92 Å². The molecule has 0 saturated heterocycles. The van der Waals surface area contributed by atoms with Crippen molar-refractivity contribution in [3.63, 3.8) is 0 Å². The number of rotatable bonds is 2. The molecular formula is C16H11BrClFN2O2. The molecule has 0 amide bonds. The van der Waals surface area contributed by atoms with Gasteiger partial charge in [0.2, 0.25) is 0 Å². The van der Waals surface area contributed by atoms with Gasteiger partial charge >= 0.3 is 5.97 Å². The summed E-state index contributed by atoms with van der Waals surface area (Å²) in [6, 6.07) is 7.82. The first-order valence-electron chi connectivity index (χ1n) is 6.66. The zero-order chi connectivity index (χ0) is 16.7. The summed E-state index contributed by atoms with van der Waals surface area (Å²) in [5.74, 6) is -0.916. The molecule has 23 heavy (non-hydrogen) atoms. The van der Waals surface area contributed by atoms with Crippen LogP contribution in [0.15, 0.2) is 34.9 Å². The van der Waals surface area contributed by atoms with Crippen LogP contribution in [-0.2, 0) is 4.74 Å². The molecule has 0 fully saturated rings. The lowest BCUT2D eigenvalue weighted by molar-refractivity contribution is 0.0599. The predicted molar refractivity (Wildman–Crippen MR) is 89.4 cm³/mol. The van der Waals surface area contributed by atoms with Gasteiger partial charge in [-0.1, -0.05) is 17.7 Å². The van der Waals surface area contributed by atoms with E-state index in [0.717, 1.165) is 0 Å². The first-order chi connectivity index (χ1) is 11.0. The largest absolute Gasteiger partial charge is 0.465 e. The molecule has 3 rings (SSSR count). The van der Waals surface area contributed by atoms with Crippen molar-refractivity contribution in [3.8, 4) is 11.1 Å². The second-order valence-electron chi connectivity index (χ2n) is 4.88. The SMILES string of the molecule is COC(=O)c1ccc2c(-c3c(F)cccc3Cl)c(C)nn2c1Br. The molecule has 0 radical (unpaired) electrons. The zero-order valence-corrected chi connectivity index (χ0v) is 14.6. The maximum Gasteiger partial charge on any atom is 0.340 e. The minimum Gasteiger partial charge on any atom is -0.465 e. The van der Waals surface area contributed by atoms with Crippen LogP contribution in [-0.4, -0.2) is 22.7 Å². The minimum absolute atomic E-state index is 0.291. The summed E-state index contributed by atoms with van der Waals surface area (Å²) in [7, 11) is 1.30. The second-order valence-corrected chi connectivity index (χ2v) is 6.04. The van der Waals surface area contributed by atoms with Crippen LogP contribution in [0, 0.1) is 12.7 Å². The van der Waals surface area contributed by atoms with E-state index in [1.165, 1.54) is 17.7 Å². The Balaban J connectivity index is 2.35. The number of nitrogens with zero attached hydrogens (tertiary/aromatic N) is 2. The molecule has 0 aliphatic rings. The number of pyridine rings is 1. The average molecular weight is 398 g/mol. The number of hydrogen-bond acceptors (Lipinski definition) is 3. The topological polar surface area (TPSA) is 43.6 Å². The second kappa shape index (κ2) is 5.94. The van der Waals surface area contributed by atoms with E-state index in [1.54, 1.807) is 31.2 Å². The molecule has 2 aromatic heterocycles. The van der Waals surface area contributed by atoms with Gasteiger partial charge in [0.05, 0.1) is 28.9 Å². The van der Waals surface area contributed by atoms with Gasteiger partial charge in [0.25, 0.3) is 0 Å². The molecule has 0 N–H and O–H groups in total. The Morgan fingerprint density at radius 2 is 2.04 bits per heavy atom. The van der Waals surface area contributed by atoms with Gasteiger partial charge in [-0.2, -0.15) is 5.10 Å². The van der Waals surface area contributed by atoms with Crippen molar-refractivity contribution in [2.75, 3.05) is 7.11 Å². The molecular weight excluding hydrogens is 387 g/mol. The fourth-order valence-corrected chi connectivity index (χ4v) is 3.32. The van der Waals surface area contributed by atoms with Gasteiger partial charge in [-0.25, -0.2) is 13.7 Å². The molecule has 0 aliphatic heterocycles. The molecule has 3 aromatic rings. The highest BCUT2D eigenvalue weighted by molar-refractivity contribution is 9.10. The first kappa shape index (κ1) is 16.0. The summed E-state index contributed by atoms with van der Waals surface area (Å²) in [4.78, 5) is 11.8. The van der Waals surface area contributed by atoms with E-state index in [-0.39, 0.29) is 0 Å². The number of esters is 1. The molecule has 2 heterocycles. The fourth-order valence-electron chi connectivity index (χ4n) is 2.50. The van der Waals surface area contributed by atoms with Crippen LogP contribution < -0.4 is 0 Å². The van der Waals surface area contributed by atoms with E-state index in [1.807, 2.05) is 0 Å². The number of aromatic nitrogens is 2. The van der Waals surface area contributed by atoms with Gasteiger partial charge < -0.3 is 4.74 Å². The summed E-state index contributed by atoms with van der Waals surface area (Å²) in [5.41, 5.74) is 2.44. The third-order valence-corrected chi connectivity index (χ3v) is 4.61. The zero-order valence-electron chi connectivity index (χ0n) is 12.2. The minimum atomic E-state index is -0.489. The lowest BCUT2D eigenvalue weighted by Gasteiger charge is -2.07. The Kier molecular flexibility index (Phi) is 4.12. The lowest BCUT2D eigenvalue weighted by Crippen LogP contribution is -2.05. The quantitative estimate of drug-likeness (QED) is 0.467. The summed E-state index contributed by atoms with van der Waals surface area (Å²) in [6.07, 6.45) is 0. The normalized spacial score (nSPS) is 11.0. The Hall–Kier alpha value is -1.92. The lowest BCUT2D eigenvalue weighted by atomic mass is 10.0. The summed E-state index contributed by atoms with van der Waals surface area (Å²) in [6.45, 7) is 1.76. The predicted octanol–water partition coefficient (Wildman–Crippen LogP) is 4.65. The highest BCUT2D eigenvalue weighted by Gasteiger charge is 2.21. The third-order valence-electron chi connectivity index (χ3n) is 3.53. The van der Waals surface area contributed by atoms with Gasteiger partial charge in [-0.05, 0) is 47.1 Å². The molecule has 1 aromatic carbocycles. The van der Waals surface area contributed by atoms with E-state index in [2.05, 4.69) is 21.0 Å². The smallest absolute Gasteiger partial charge is 0.340 e. The number of carbonyl (C=O) groups excluding carboxylic acids is 1. The highest BCUT2D eigenvalue weighted by atomic mass is 79.9. The van der Waals surface area contributed by atoms with Crippen LogP contribution in [0.1, 0.15) is 16.1 Å². The van der Waals surface area contributed by atoms with Crippen LogP contribution in [0.4, 0.5) is 4.39 Å². The number of hydrogen-bond donors (Lipinski definition) is 0. The molecule has 0 spiro atoms. The summed E-state index contributed by atoms with van der Waals surface area (Å²) in [5, 5.41) is 4.69. The summed E-state index contributed by atoms with van der Waals surface area (Å²) < 4.78 is 21.0. The summed E-state index contributed by atoms with van der Waals surface area (Å²) >= 11 is 9.53. The Morgan fingerprint density at radius 1 is 1.30 bits per heavy atom. The maximum atomic E-state index is 14.3. The van der Waals surface area contributed by atoms with E-state index >= 15 is 0 Å². The van der Waals surface area contributed by atoms with Gasteiger partial charge in [-0.15, -0.1) is 0 Å². The van der Waals surface area contributed by atoms with Crippen LogP contribution in [0.2, 0.25) is 5.02 Å². The van der Waals surface area contributed by atoms with Crippen molar-refractivity contribution in [2.24, 2.45) is 0 Å². The standard InChI is InChI=1S/C16H11BrClFN2O2/c1-8-13(14-10(18)4-3-5-11(14)19)12-7-6-9(16(22)23-2)15(17)21(12)20-8/h3-7H,1-2H3. The Morgan fingerprint density at radius 3 is 2.70 bits per heavy atom. The number of methoxy groups -OCH3 is 1. The molecule has 4 nitrogen and oxygen atoms in total. The van der Waals surface area contributed by atoms with Crippen LogP contribution in [0.3, 0.4) is 0 Å². The molecule has 0 unspecified atom stereocenters. The number of benzene rings is 1. The van der Waals surface area contributed by atoms with E-state index in [0.29, 0.717) is 37.5 Å². The van der Waals surface area contributed by atoms with Gasteiger partial charge in [0.1, 0.15) is 10.4 Å². The maximum absolute atomic E-state index is 14.3. The Labute approximate surface area is 145 Å². The fraction of sp³-hybridized carbons (Fsp3) is 0.125. The van der Waals surface area contributed by atoms with Crippen molar-refractivity contribution >= 4 is 39.0 Å². The molecule has 0 saturated carbocycles. The first-order valence-corrected chi connectivity index (χ1v) is 7.83. The van der Waals surface area contributed by atoms with Crippen LogP contribution in [0.25, 0.3) is 16.6 Å². The molecule has 0 atom stereocenters. The Bertz CT molecular complexity index is 919. The number of ether oxygens (including phenoxy) is 1. The molecule has 0 bridgehead atoms. The van der Waals surface area contributed by atoms with Crippen molar-refractivity contribution in [1.82, 2.24) is 9.61 Å². The molecule has 0 aliphatic carbocycles. The van der Waals surface area contributed by atoms with Crippen LogP contribution in [0.5, 0.6) is 0 Å². The number of halogens is 3. The number of carbonyl (C=O) groups is 1. The molecule has 118 valence electrons. The van der Waals surface area contributed by atoms with Gasteiger partial charge in [0.15, 0.2) is 0 Å². The highest BCUT2D eigenvalue weighted by Crippen LogP contribution is 2.37. The van der Waals surface area contributed by atoms with Gasteiger partial charge in [0, 0.05) is 11.1 Å². The number of fused-ring (bicyclic) bond motifs is 1. The average Bonchev–Trinajstić information content (AvgIpc) is 2.85. The van der Waals surface area contributed by atoms with Gasteiger partial charge in [-0.3, -0.25) is 0 Å². The van der Waals surface area contributed by atoms with Crippen molar-refractivity contribution in [1.29, 1.82) is 0 Å².